The van der Waals surface area contributed by atoms with Gasteiger partial charge in [0.2, 0.25) is 5.91 Å². The minimum atomic E-state index is -0.488. The van der Waals surface area contributed by atoms with Gasteiger partial charge >= 0.3 is 0 Å². The molecule has 34 heavy (non-hydrogen) atoms. The lowest BCUT2D eigenvalue weighted by Gasteiger charge is -2.28. The molecular weight excluding hydrogens is 522 g/mol. The topological polar surface area (TPSA) is 88.2 Å². The molecule has 0 aromatic heterocycles. The van der Waals surface area contributed by atoms with E-state index in [0.717, 1.165) is 45.5 Å². The summed E-state index contributed by atoms with van der Waals surface area (Å²) in [5.41, 5.74) is 2.40. The number of imide groups is 1. The molecule has 2 heterocycles. The van der Waals surface area contributed by atoms with Gasteiger partial charge in [0.15, 0.2) is 0 Å². The van der Waals surface area contributed by atoms with Crippen LogP contribution in [0.5, 0.6) is 5.75 Å². The van der Waals surface area contributed by atoms with Crippen LogP contribution in [0.2, 0.25) is 0 Å². The summed E-state index contributed by atoms with van der Waals surface area (Å²) in [5.74, 6) is -0.230. The number of thioether (sulfide) groups is 1. The number of nitrogens with zero attached hydrogens (tertiary/aromatic N) is 2. The third kappa shape index (κ3) is 5.81. The van der Waals surface area contributed by atoms with Crippen LogP contribution >= 0.6 is 27.7 Å². The van der Waals surface area contributed by atoms with Crippen molar-refractivity contribution in [1.29, 1.82) is 0 Å². The highest BCUT2D eigenvalue weighted by molar-refractivity contribution is 9.10. The van der Waals surface area contributed by atoms with Crippen LogP contribution in [0.3, 0.4) is 0 Å². The maximum atomic E-state index is 12.8. The number of anilines is 2. The first kappa shape index (κ1) is 24.3. The van der Waals surface area contributed by atoms with E-state index >= 15 is 0 Å². The molecule has 178 valence electrons. The molecule has 0 atom stereocenters. The van der Waals surface area contributed by atoms with E-state index in [4.69, 9.17) is 9.47 Å². The normalized spacial score (nSPS) is 17.4. The van der Waals surface area contributed by atoms with Crippen LogP contribution < -0.4 is 15.0 Å². The van der Waals surface area contributed by atoms with Crippen molar-refractivity contribution < 1.29 is 23.9 Å². The van der Waals surface area contributed by atoms with Gasteiger partial charge in [-0.15, -0.1) is 0 Å². The maximum Gasteiger partial charge on any atom is 0.294 e. The van der Waals surface area contributed by atoms with Crippen molar-refractivity contribution in [1.82, 2.24) is 4.90 Å². The van der Waals surface area contributed by atoms with Gasteiger partial charge in [-0.05, 0) is 82.7 Å². The first-order chi connectivity index (χ1) is 16.4. The first-order valence-corrected chi connectivity index (χ1v) is 12.5. The average Bonchev–Trinajstić information content (AvgIpc) is 3.09. The first-order valence-electron chi connectivity index (χ1n) is 10.8. The fraction of sp³-hybridized carbons (Fsp3) is 0.292. The lowest BCUT2D eigenvalue weighted by Crippen LogP contribution is -2.36. The second kappa shape index (κ2) is 11.1. The fourth-order valence-corrected chi connectivity index (χ4v) is 4.94. The molecule has 2 aromatic rings. The number of halogens is 1. The van der Waals surface area contributed by atoms with Crippen molar-refractivity contribution >= 4 is 62.2 Å². The Morgan fingerprint density at radius 1 is 1.18 bits per heavy atom. The van der Waals surface area contributed by atoms with Crippen LogP contribution in [0.15, 0.2) is 51.8 Å². The summed E-state index contributed by atoms with van der Waals surface area (Å²) in [6, 6.07) is 12.9. The number of hydrogen-bond acceptors (Lipinski definition) is 7. The van der Waals surface area contributed by atoms with Crippen molar-refractivity contribution in [3.8, 4) is 5.75 Å². The second-order valence-electron chi connectivity index (χ2n) is 7.59. The Kier molecular flexibility index (Phi) is 7.91. The number of benzene rings is 2. The minimum absolute atomic E-state index is 0.267. The molecule has 2 saturated heterocycles. The van der Waals surface area contributed by atoms with Gasteiger partial charge in [-0.1, -0.05) is 6.07 Å². The molecule has 10 heteroatoms. The fourth-order valence-electron chi connectivity index (χ4n) is 3.59. The van der Waals surface area contributed by atoms with E-state index in [9.17, 15) is 14.4 Å². The Hall–Kier alpha value is -2.82. The van der Waals surface area contributed by atoms with Gasteiger partial charge in [0, 0.05) is 24.5 Å². The monoisotopic (exact) mass is 545 g/mol. The summed E-state index contributed by atoms with van der Waals surface area (Å²) in [6.07, 6.45) is 1.63. The third-order valence-corrected chi connectivity index (χ3v) is 6.78. The molecule has 2 aliphatic rings. The van der Waals surface area contributed by atoms with Gasteiger partial charge in [0.25, 0.3) is 11.1 Å². The van der Waals surface area contributed by atoms with Gasteiger partial charge < -0.3 is 19.7 Å². The molecule has 0 bridgehead atoms. The van der Waals surface area contributed by atoms with E-state index in [1.54, 1.807) is 30.3 Å². The van der Waals surface area contributed by atoms with Crippen LogP contribution in [-0.4, -0.2) is 61.4 Å². The highest BCUT2D eigenvalue weighted by Crippen LogP contribution is 2.34. The summed E-state index contributed by atoms with van der Waals surface area (Å²) in [5, 5.41) is 2.28. The molecule has 3 amide bonds. The molecule has 1 N–H and O–H groups in total. The zero-order valence-corrected chi connectivity index (χ0v) is 21.0. The van der Waals surface area contributed by atoms with Gasteiger partial charge in [0.05, 0.1) is 29.2 Å². The van der Waals surface area contributed by atoms with E-state index in [1.165, 1.54) is 0 Å². The Labute approximate surface area is 210 Å². The van der Waals surface area contributed by atoms with Gasteiger partial charge in [-0.3, -0.25) is 19.3 Å². The molecule has 0 aliphatic carbocycles. The van der Waals surface area contributed by atoms with E-state index in [2.05, 4.69) is 26.1 Å². The zero-order chi connectivity index (χ0) is 24.1. The van der Waals surface area contributed by atoms with E-state index in [-0.39, 0.29) is 11.4 Å². The number of morpholine rings is 1. The summed E-state index contributed by atoms with van der Waals surface area (Å²) in [7, 11) is 0. The van der Waals surface area contributed by atoms with Crippen molar-refractivity contribution in [3.05, 3.63) is 57.4 Å². The van der Waals surface area contributed by atoms with Crippen molar-refractivity contribution in [2.24, 2.45) is 0 Å². The van der Waals surface area contributed by atoms with Gasteiger partial charge in [-0.2, -0.15) is 0 Å². The second-order valence-corrected chi connectivity index (χ2v) is 9.43. The average molecular weight is 546 g/mol. The predicted molar refractivity (Wildman–Crippen MR) is 136 cm³/mol. The summed E-state index contributed by atoms with van der Waals surface area (Å²) < 4.78 is 11.6. The number of ether oxygens (including phenoxy) is 2. The number of rotatable bonds is 7. The highest BCUT2D eigenvalue weighted by atomic mass is 79.9. The quantitative estimate of drug-likeness (QED) is 0.517. The van der Waals surface area contributed by atoms with Crippen LogP contribution in [-0.2, 0) is 14.3 Å². The molecule has 0 unspecified atom stereocenters. The summed E-state index contributed by atoms with van der Waals surface area (Å²) in [4.78, 5) is 41.1. The van der Waals surface area contributed by atoms with E-state index in [1.807, 2.05) is 25.1 Å². The largest absolute Gasteiger partial charge is 0.493 e. The van der Waals surface area contributed by atoms with Gasteiger partial charge in [-0.25, -0.2) is 0 Å². The zero-order valence-electron chi connectivity index (χ0n) is 18.6. The number of amides is 3. The van der Waals surface area contributed by atoms with E-state index in [0.29, 0.717) is 31.3 Å². The summed E-state index contributed by atoms with van der Waals surface area (Å²) in [6.45, 7) is 5.13. The van der Waals surface area contributed by atoms with Gasteiger partial charge in [0.1, 0.15) is 12.3 Å². The highest BCUT2D eigenvalue weighted by Gasteiger charge is 2.36. The molecule has 8 nitrogen and oxygen atoms in total. The Morgan fingerprint density at radius 2 is 1.91 bits per heavy atom. The van der Waals surface area contributed by atoms with Crippen LogP contribution in [0.1, 0.15) is 12.5 Å². The molecule has 2 aliphatic heterocycles. The van der Waals surface area contributed by atoms with Crippen LogP contribution in [0, 0.1) is 0 Å². The Bertz CT molecular complexity index is 1120. The van der Waals surface area contributed by atoms with Crippen molar-refractivity contribution in [2.75, 3.05) is 49.7 Å². The van der Waals surface area contributed by atoms with Crippen LogP contribution in [0.4, 0.5) is 16.2 Å². The lowest BCUT2D eigenvalue weighted by atomic mass is 10.2. The Morgan fingerprint density at radius 3 is 2.59 bits per heavy atom. The molecule has 0 radical (unpaired) electrons. The molecule has 0 saturated carbocycles. The van der Waals surface area contributed by atoms with E-state index < -0.39 is 17.1 Å². The third-order valence-electron chi connectivity index (χ3n) is 5.26. The number of carbonyl (C=O) groups excluding carboxylic acids is 3. The molecular formula is C24H24BrN3O5S. The predicted octanol–water partition coefficient (Wildman–Crippen LogP) is 4.36. The number of nitrogens with one attached hydrogen (secondary N) is 1. The molecule has 0 spiro atoms. The molecule has 2 fully saturated rings. The number of hydrogen-bond donors (Lipinski definition) is 1. The van der Waals surface area contributed by atoms with Crippen molar-refractivity contribution in [2.45, 2.75) is 6.92 Å². The van der Waals surface area contributed by atoms with Crippen LogP contribution in [0.25, 0.3) is 6.08 Å². The molecule has 2 aromatic carbocycles. The molecule has 4 rings (SSSR count). The smallest absolute Gasteiger partial charge is 0.294 e. The number of carbonyl (C=O) groups is 3. The maximum absolute atomic E-state index is 12.8. The summed E-state index contributed by atoms with van der Waals surface area (Å²) >= 11 is 4.26. The Balaban J connectivity index is 1.37. The minimum Gasteiger partial charge on any atom is -0.493 e. The standard InChI is InChI=1S/C24H24BrN3O5S/c1-2-33-20-8-3-16(13-19(20)25)14-21-23(30)28(24(31)34-21)15-22(29)26-17-4-6-18(7-5-17)27-9-11-32-12-10-27/h3-8,13-14H,2,9-12,15H2,1H3,(H,26,29)/b21-14-. The van der Waals surface area contributed by atoms with Crippen molar-refractivity contribution in [3.63, 3.8) is 0 Å². The lowest BCUT2D eigenvalue weighted by molar-refractivity contribution is -0.127. The SMILES string of the molecule is CCOc1ccc(/C=C2\SC(=O)N(CC(=O)Nc3ccc(N4CCOCC4)cc3)C2=O)cc1Br.